The number of ether oxygens (including phenoxy) is 1. The molecule has 6 nitrogen and oxygen atoms in total. The van der Waals surface area contributed by atoms with Gasteiger partial charge in [-0.1, -0.05) is 5.16 Å². The molecule has 0 saturated heterocycles. The molecule has 1 aliphatic carbocycles. The van der Waals surface area contributed by atoms with Crippen LogP contribution in [0.25, 0.3) is 0 Å². The van der Waals surface area contributed by atoms with Crippen LogP contribution in [0.15, 0.2) is 23.5 Å². The highest BCUT2D eigenvalue weighted by atomic mass is 16.5. The SMILES string of the molecule is CN(CCOCC1CC1)c1cccnc1/C(N)=N/O. The summed E-state index contributed by atoms with van der Waals surface area (Å²) in [6.45, 7) is 2.26. The average molecular weight is 264 g/mol. The van der Waals surface area contributed by atoms with Crippen molar-refractivity contribution >= 4 is 11.5 Å². The summed E-state index contributed by atoms with van der Waals surface area (Å²) >= 11 is 0. The van der Waals surface area contributed by atoms with Crippen molar-refractivity contribution < 1.29 is 9.94 Å². The second kappa shape index (κ2) is 6.38. The summed E-state index contributed by atoms with van der Waals surface area (Å²) in [7, 11) is 1.94. The predicted molar refractivity (Wildman–Crippen MR) is 73.6 cm³/mol. The van der Waals surface area contributed by atoms with Gasteiger partial charge in [-0.05, 0) is 30.9 Å². The van der Waals surface area contributed by atoms with Gasteiger partial charge in [-0.3, -0.25) is 4.98 Å². The van der Waals surface area contributed by atoms with Crippen LogP contribution in [-0.4, -0.2) is 42.8 Å². The van der Waals surface area contributed by atoms with Gasteiger partial charge in [-0.25, -0.2) is 0 Å². The third kappa shape index (κ3) is 3.82. The van der Waals surface area contributed by atoms with Crippen LogP contribution < -0.4 is 10.6 Å². The fourth-order valence-electron chi connectivity index (χ4n) is 1.81. The molecule has 2 rings (SSSR count). The Morgan fingerprint density at radius 1 is 1.63 bits per heavy atom. The average Bonchev–Trinajstić information content (AvgIpc) is 3.26. The first-order valence-electron chi connectivity index (χ1n) is 6.44. The van der Waals surface area contributed by atoms with Crippen LogP contribution in [0.3, 0.4) is 0 Å². The summed E-state index contributed by atoms with van der Waals surface area (Å²) in [6.07, 6.45) is 4.21. The van der Waals surface area contributed by atoms with E-state index >= 15 is 0 Å². The molecule has 19 heavy (non-hydrogen) atoms. The molecule has 6 heteroatoms. The minimum absolute atomic E-state index is 0.0151. The lowest BCUT2D eigenvalue weighted by atomic mass is 10.2. The van der Waals surface area contributed by atoms with Crippen molar-refractivity contribution in [3.05, 3.63) is 24.0 Å². The van der Waals surface area contributed by atoms with Crippen molar-refractivity contribution in [1.29, 1.82) is 0 Å². The quantitative estimate of drug-likeness (QED) is 0.253. The molecule has 1 heterocycles. The van der Waals surface area contributed by atoms with Crippen LogP contribution >= 0.6 is 0 Å². The van der Waals surface area contributed by atoms with Crippen molar-refractivity contribution in [3.63, 3.8) is 0 Å². The number of aromatic nitrogens is 1. The lowest BCUT2D eigenvalue weighted by Gasteiger charge is -2.21. The molecule has 1 aromatic heterocycles. The molecular weight excluding hydrogens is 244 g/mol. The number of anilines is 1. The third-order valence-electron chi connectivity index (χ3n) is 3.17. The summed E-state index contributed by atoms with van der Waals surface area (Å²) in [6, 6.07) is 3.71. The predicted octanol–water partition coefficient (Wildman–Crippen LogP) is 1.04. The number of hydrogen-bond acceptors (Lipinski definition) is 5. The minimum atomic E-state index is 0.0151. The van der Waals surface area contributed by atoms with Crippen LogP contribution in [-0.2, 0) is 4.74 Å². The summed E-state index contributed by atoms with van der Waals surface area (Å²) in [4.78, 5) is 6.13. The fourth-order valence-corrected chi connectivity index (χ4v) is 1.81. The molecule has 1 fully saturated rings. The van der Waals surface area contributed by atoms with Crippen molar-refractivity contribution in [2.75, 3.05) is 31.7 Å². The standard InChI is InChI=1S/C13H20N4O2/c1-17(7-8-19-9-10-4-5-10)11-3-2-6-15-12(11)13(14)16-18/h2-3,6,10,18H,4-5,7-9H2,1H3,(H2,14,16). The molecule has 1 aromatic rings. The maximum atomic E-state index is 8.76. The number of amidine groups is 1. The van der Waals surface area contributed by atoms with Gasteiger partial charge < -0.3 is 20.6 Å². The molecule has 0 spiro atoms. The number of rotatable bonds is 7. The Hall–Kier alpha value is -1.82. The maximum Gasteiger partial charge on any atom is 0.190 e. The molecule has 0 aliphatic heterocycles. The molecule has 0 atom stereocenters. The molecule has 0 radical (unpaired) electrons. The van der Waals surface area contributed by atoms with Crippen molar-refractivity contribution in [3.8, 4) is 0 Å². The second-order valence-corrected chi connectivity index (χ2v) is 4.80. The molecule has 0 unspecified atom stereocenters. The Morgan fingerprint density at radius 3 is 3.11 bits per heavy atom. The van der Waals surface area contributed by atoms with Crippen LogP contribution in [0.4, 0.5) is 5.69 Å². The van der Waals surface area contributed by atoms with E-state index in [0.717, 1.165) is 24.8 Å². The van der Waals surface area contributed by atoms with E-state index in [-0.39, 0.29) is 5.84 Å². The zero-order valence-electron chi connectivity index (χ0n) is 11.1. The Balaban J connectivity index is 1.91. The van der Waals surface area contributed by atoms with Crippen molar-refractivity contribution in [1.82, 2.24) is 4.98 Å². The van der Waals surface area contributed by atoms with Crippen molar-refractivity contribution in [2.24, 2.45) is 16.8 Å². The lowest BCUT2D eigenvalue weighted by molar-refractivity contribution is 0.131. The number of oxime groups is 1. The summed E-state index contributed by atoms with van der Waals surface area (Å²) < 4.78 is 5.60. The van der Waals surface area contributed by atoms with Crippen LogP contribution in [0.1, 0.15) is 18.5 Å². The zero-order chi connectivity index (χ0) is 13.7. The van der Waals surface area contributed by atoms with Gasteiger partial charge in [0, 0.05) is 26.4 Å². The van der Waals surface area contributed by atoms with Gasteiger partial charge in [0.25, 0.3) is 0 Å². The largest absolute Gasteiger partial charge is 0.409 e. The molecule has 1 saturated carbocycles. The van der Waals surface area contributed by atoms with E-state index in [1.54, 1.807) is 6.20 Å². The molecule has 0 bridgehead atoms. The van der Waals surface area contributed by atoms with Gasteiger partial charge in [0.05, 0.1) is 12.3 Å². The van der Waals surface area contributed by atoms with Crippen LogP contribution in [0.5, 0.6) is 0 Å². The second-order valence-electron chi connectivity index (χ2n) is 4.80. The van der Waals surface area contributed by atoms with E-state index in [9.17, 15) is 0 Å². The molecule has 1 aliphatic rings. The summed E-state index contributed by atoms with van der Waals surface area (Å²) in [5.41, 5.74) is 6.92. The first-order valence-corrected chi connectivity index (χ1v) is 6.44. The van der Waals surface area contributed by atoms with Gasteiger partial charge in [-0.2, -0.15) is 0 Å². The van der Waals surface area contributed by atoms with E-state index < -0.39 is 0 Å². The highest BCUT2D eigenvalue weighted by Crippen LogP contribution is 2.28. The summed E-state index contributed by atoms with van der Waals surface area (Å²) in [5, 5.41) is 11.8. The normalized spacial score (nSPS) is 15.5. The van der Waals surface area contributed by atoms with Crippen LogP contribution in [0.2, 0.25) is 0 Å². The summed E-state index contributed by atoms with van der Waals surface area (Å²) in [5.74, 6) is 0.790. The van der Waals surface area contributed by atoms with E-state index in [0.29, 0.717) is 12.3 Å². The van der Waals surface area contributed by atoms with E-state index in [1.807, 2.05) is 24.1 Å². The Bertz CT molecular complexity index is 446. The van der Waals surface area contributed by atoms with Gasteiger partial charge in [-0.15, -0.1) is 0 Å². The highest BCUT2D eigenvalue weighted by Gasteiger charge is 2.21. The van der Waals surface area contributed by atoms with E-state index in [4.69, 9.17) is 15.7 Å². The number of nitrogens with zero attached hydrogens (tertiary/aromatic N) is 3. The Labute approximate surface area is 112 Å². The smallest absolute Gasteiger partial charge is 0.190 e. The molecule has 104 valence electrons. The number of hydrogen-bond donors (Lipinski definition) is 2. The van der Waals surface area contributed by atoms with Crippen molar-refractivity contribution in [2.45, 2.75) is 12.8 Å². The monoisotopic (exact) mass is 264 g/mol. The fraction of sp³-hybridized carbons (Fsp3) is 0.538. The lowest BCUT2D eigenvalue weighted by Crippen LogP contribution is -2.27. The highest BCUT2D eigenvalue weighted by molar-refractivity contribution is 6.00. The minimum Gasteiger partial charge on any atom is -0.409 e. The molecular formula is C13H20N4O2. The number of likely N-dealkylation sites (N-methyl/N-ethyl adjacent to an activating group) is 1. The number of pyridine rings is 1. The van der Waals surface area contributed by atoms with Gasteiger partial charge >= 0.3 is 0 Å². The van der Waals surface area contributed by atoms with E-state index in [2.05, 4.69) is 10.1 Å². The molecule has 0 amide bonds. The van der Waals surface area contributed by atoms with Gasteiger partial charge in [0.15, 0.2) is 5.84 Å². The Kier molecular flexibility index (Phi) is 4.57. The first kappa shape index (κ1) is 13.6. The van der Waals surface area contributed by atoms with Gasteiger partial charge in [0.1, 0.15) is 5.69 Å². The topological polar surface area (TPSA) is 84.0 Å². The Morgan fingerprint density at radius 2 is 2.42 bits per heavy atom. The third-order valence-corrected chi connectivity index (χ3v) is 3.17. The first-order chi connectivity index (χ1) is 9.22. The van der Waals surface area contributed by atoms with Crippen LogP contribution in [0, 0.1) is 5.92 Å². The molecule has 0 aromatic carbocycles. The van der Waals surface area contributed by atoms with E-state index in [1.165, 1.54) is 12.8 Å². The molecule has 3 N–H and O–H groups in total. The zero-order valence-corrected chi connectivity index (χ0v) is 11.1. The maximum absolute atomic E-state index is 8.76. The number of nitrogens with two attached hydrogens (primary N) is 1. The van der Waals surface area contributed by atoms with Gasteiger partial charge in [0.2, 0.25) is 0 Å².